The maximum absolute atomic E-state index is 12.5. The van der Waals surface area contributed by atoms with E-state index in [4.69, 9.17) is 0 Å². The summed E-state index contributed by atoms with van der Waals surface area (Å²) in [4.78, 5) is 29.5. The summed E-state index contributed by atoms with van der Waals surface area (Å²) in [5.41, 5.74) is 4.04. The number of hydrogen-bond acceptors (Lipinski definition) is 4. The van der Waals surface area contributed by atoms with E-state index in [1.807, 2.05) is 24.3 Å². The van der Waals surface area contributed by atoms with Crippen LogP contribution in [-0.4, -0.2) is 61.9 Å². The predicted molar refractivity (Wildman–Crippen MR) is 193 cm³/mol. The molecule has 0 unspecified atom stereocenters. The minimum atomic E-state index is 0.0617. The maximum Gasteiger partial charge on any atom is 0.225 e. The zero-order valence-electron chi connectivity index (χ0n) is 29.2. The van der Waals surface area contributed by atoms with Gasteiger partial charge < -0.3 is 20.4 Å². The molecule has 0 bridgehead atoms. The summed E-state index contributed by atoms with van der Waals surface area (Å²) < 4.78 is 0. The van der Waals surface area contributed by atoms with E-state index in [1.54, 1.807) is 0 Å². The number of nitrogens with zero attached hydrogens (tertiary/aromatic N) is 2. The summed E-state index contributed by atoms with van der Waals surface area (Å²) in [6.07, 6.45) is 20.2. The van der Waals surface area contributed by atoms with Gasteiger partial charge in [-0.15, -0.1) is 0 Å². The normalized spacial score (nSPS) is 11.3. The molecule has 2 N–H and O–H groups in total. The third-order valence-corrected chi connectivity index (χ3v) is 8.61. The minimum absolute atomic E-state index is 0.0617. The Morgan fingerprint density at radius 3 is 1.18 bits per heavy atom. The van der Waals surface area contributed by atoms with Gasteiger partial charge in [-0.05, 0) is 81.8 Å². The smallest absolute Gasteiger partial charge is 0.225 e. The molecule has 0 aliphatic carbocycles. The monoisotopic (exact) mass is 621 g/mol. The first-order chi connectivity index (χ1) is 21.9. The first-order valence-electron chi connectivity index (χ1n) is 18.0. The van der Waals surface area contributed by atoms with Crippen LogP contribution < -0.4 is 10.6 Å². The minimum Gasteiger partial charge on any atom is -0.326 e. The first kappa shape index (κ1) is 38.5. The molecular weight excluding hydrogens is 556 g/mol. The SMILES string of the molecule is CCCCCCCCCN(C)CCC(=O)Nc1ccc(Cc2ccc(NC(=O)CCN(C)CCCCCCCCC)cc2)cc1. The van der Waals surface area contributed by atoms with E-state index in [0.717, 1.165) is 44.0 Å². The zero-order valence-corrected chi connectivity index (χ0v) is 29.2. The second kappa shape index (κ2) is 24.5. The summed E-state index contributed by atoms with van der Waals surface area (Å²) in [6, 6.07) is 16.2. The second-order valence-electron chi connectivity index (χ2n) is 13.0. The molecule has 0 heterocycles. The molecule has 45 heavy (non-hydrogen) atoms. The standard InChI is InChI=1S/C39H64N4O2/c1-5-7-9-11-13-15-17-29-42(3)31-27-38(44)40-36-23-19-34(20-24-36)33-35-21-25-37(26-22-35)41-39(45)28-32-43(4)30-18-16-14-12-10-8-6-2/h19-26H,5-18,27-33H2,1-4H3,(H,40,44)(H,41,45). The van der Waals surface area contributed by atoms with Gasteiger partial charge in [-0.3, -0.25) is 9.59 Å². The quantitative estimate of drug-likeness (QED) is 0.103. The third kappa shape index (κ3) is 19.4. The molecule has 2 amide bonds. The Morgan fingerprint density at radius 1 is 0.489 bits per heavy atom. The van der Waals surface area contributed by atoms with Crippen LogP contribution in [0.15, 0.2) is 48.5 Å². The highest BCUT2D eigenvalue weighted by Crippen LogP contribution is 2.17. The Hall–Kier alpha value is -2.70. The number of benzene rings is 2. The highest BCUT2D eigenvalue weighted by Gasteiger charge is 2.08. The third-order valence-electron chi connectivity index (χ3n) is 8.61. The number of hydrogen-bond donors (Lipinski definition) is 2. The van der Waals surface area contributed by atoms with Gasteiger partial charge in [-0.25, -0.2) is 0 Å². The topological polar surface area (TPSA) is 64.7 Å². The molecule has 2 aromatic rings. The average molecular weight is 621 g/mol. The van der Waals surface area contributed by atoms with Crippen molar-refractivity contribution < 1.29 is 9.59 Å². The molecule has 0 atom stereocenters. The number of rotatable bonds is 26. The molecule has 0 aliphatic heterocycles. The Kier molecular flexibility index (Phi) is 21.0. The number of anilines is 2. The van der Waals surface area contributed by atoms with E-state index in [-0.39, 0.29) is 11.8 Å². The summed E-state index contributed by atoms with van der Waals surface area (Å²) in [7, 11) is 4.22. The van der Waals surface area contributed by atoms with Crippen molar-refractivity contribution in [1.82, 2.24) is 9.80 Å². The molecule has 6 nitrogen and oxygen atoms in total. The molecule has 0 aliphatic rings. The van der Waals surface area contributed by atoms with Crippen molar-refractivity contribution in [3.05, 3.63) is 59.7 Å². The van der Waals surface area contributed by atoms with Crippen LogP contribution in [0.1, 0.15) is 128 Å². The van der Waals surface area contributed by atoms with Crippen LogP contribution in [0, 0.1) is 0 Å². The number of carbonyl (C=O) groups is 2. The van der Waals surface area contributed by atoms with Crippen LogP contribution in [0.4, 0.5) is 11.4 Å². The summed E-state index contributed by atoms with van der Waals surface area (Å²) in [6.45, 7) is 8.19. The van der Waals surface area contributed by atoms with Gasteiger partial charge in [0.25, 0.3) is 0 Å². The Balaban J connectivity index is 1.60. The molecule has 252 valence electrons. The number of unbranched alkanes of at least 4 members (excludes halogenated alkanes) is 12. The fourth-order valence-corrected chi connectivity index (χ4v) is 5.58. The van der Waals surface area contributed by atoms with Gasteiger partial charge >= 0.3 is 0 Å². The zero-order chi connectivity index (χ0) is 32.5. The van der Waals surface area contributed by atoms with Gasteiger partial charge in [0.2, 0.25) is 11.8 Å². The fraction of sp³-hybridized carbons (Fsp3) is 0.641. The number of carbonyl (C=O) groups excluding carboxylic acids is 2. The van der Waals surface area contributed by atoms with Crippen LogP contribution >= 0.6 is 0 Å². The Labute approximate surface area is 275 Å². The molecule has 0 saturated carbocycles. The van der Waals surface area contributed by atoms with Gasteiger partial charge in [0, 0.05) is 37.3 Å². The first-order valence-corrected chi connectivity index (χ1v) is 18.0. The van der Waals surface area contributed by atoms with Crippen LogP contribution in [0.2, 0.25) is 0 Å². The lowest BCUT2D eigenvalue weighted by atomic mass is 10.0. The van der Waals surface area contributed by atoms with E-state index in [9.17, 15) is 9.59 Å². The van der Waals surface area contributed by atoms with Gasteiger partial charge in [-0.1, -0.05) is 115 Å². The van der Waals surface area contributed by atoms with Crippen LogP contribution in [0.25, 0.3) is 0 Å². The van der Waals surface area contributed by atoms with Crippen molar-refractivity contribution in [1.29, 1.82) is 0 Å². The number of nitrogens with one attached hydrogen (secondary N) is 2. The second-order valence-corrected chi connectivity index (χ2v) is 13.0. The summed E-state index contributed by atoms with van der Waals surface area (Å²) >= 11 is 0. The molecule has 0 spiro atoms. The lowest BCUT2D eigenvalue weighted by Gasteiger charge is -2.16. The molecule has 0 fully saturated rings. The summed E-state index contributed by atoms with van der Waals surface area (Å²) in [5.74, 6) is 0.123. The van der Waals surface area contributed by atoms with Crippen LogP contribution in [0.3, 0.4) is 0 Å². The van der Waals surface area contributed by atoms with E-state index >= 15 is 0 Å². The predicted octanol–water partition coefficient (Wildman–Crippen LogP) is 9.30. The van der Waals surface area contributed by atoms with E-state index in [1.165, 1.54) is 101 Å². The van der Waals surface area contributed by atoms with Crippen LogP contribution in [0.5, 0.6) is 0 Å². The van der Waals surface area contributed by atoms with Gasteiger partial charge in [0.05, 0.1) is 0 Å². The van der Waals surface area contributed by atoms with Crippen molar-refractivity contribution in [2.75, 3.05) is 50.9 Å². The van der Waals surface area contributed by atoms with Crippen molar-refractivity contribution in [2.45, 2.75) is 123 Å². The molecular formula is C39H64N4O2. The van der Waals surface area contributed by atoms with Gasteiger partial charge in [0.15, 0.2) is 0 Å². The Bertz CT molecular complexity index is 955. The van der Waals surface area contributed by atoms with Crippen molar-refractivity contribution in [3.8, 4) is 0 Å². The number of amides is 2. The van der Waals surface area contributed by atoms with Gasteiger partial charge in [0.1, 0.15) is 0 Å². The average Bonchev–Trinajstić information content (AvgIpc) is 3.04. The van der Waals surface area contributed by atoms with Crippen LogP contribution in [-0.2, 0) is 16.0 Å². The molecule has 0 radical (unpaired) electrons. The largest absolute Gasteiger partial charge is 0.326 e. The van der Waals surface area contributed by atoms with E-state index in [2.05, 4.69) is 72.6 Å². The maximum atomic E-state index is 12.5. The summed E-state index contributed by atoms with van der Waals surface area (Å²) in [5, 5.41) is 6.08. The van der Waals surface area contributed by atoms with E-state index < -0.39 is 0 Å². The van der Waals surface area contributed by atoms with Crippen molar-refractivity contribution in [3.63, 3.8) is 0 Å². The van der Waals surface area contributed by atoms with Crippen molar-refractivity contribution >= 4 is 23.2 Å². The Morgan fingerprint density at radius 2 is 0.822 bits per heavy atom. The molecule has 0 aromatic heterocycles. The lowest BCUT2D eigenvalue weighted by Crippen LogP contribution is -2.25. The van der Waals surface area contributed by atoms with Gasteiger partial charge in [-0.2, -0.15) is 0 Å². The fourth-order valence-electron chi connectivity index (χ4n) is 5.58. The highest BCUT2D eigenvalue weighted by molar-refractivity contribution is 5.91. The molecule has 0 saturated heterocycles. The van der Waals surface area contributed by atoms with Crippen molar-refractivity contribution in [2.24, 2.45) is 0 Å². The lowest BCUT2D eigenvalue weighted by molar-refractivity contribution is -0.117. The molecule has 2 aromatic carbocycles. The van der Waals surface area contributed by atoms with E-state index in [0.29, 0.717) is 12.8 Å². The highest BCUT2D eigenvalue weighted by atomic mass is 16.2. The molecule has 2 rings (SSSR count). The molecule has 6 heteroatoms.